The summed E-state index contributed by atoms with van der Waals surface area (Å²) in [5.74, 6) is -1.81. The lowest BCUT2D eigenvalue weighted by molar-refractivity contribution is -0.137. The fourth-order valence-corrected chi connectivity index (χ4v) is 1.34. The zero-order valence-electron chi connectivity index (χ0n) is 9.93. The number of benzene rings is 1. The fraction of sp³-hybridized carbons (Fsp3) is 0.250. The maximum absolute atomic E-state index is 10.9. The molecule has 0 saturated heterocycles. The van der Waals surface area contributed by atoms with E-state index in [1.165, 1.54) is 32.0 Å². The highest BCUT2D eigenvalue weighted by Crippen LogP contribution is 2.25. The molecule has 1 aromatic carbocycles. The van der Waals surface area contributed by atoms with Gasteiger partial charge in [0, 0.05) is 19.4 Å². The first kappa shape index (κ1) is 13.7. The second kappa shape index (κ2) is 5.81. The van der Waals surface area contributed by atoms with Crippen molar-refractivity contribution in [2.24, 2.45) is 0 Å². The Morgan fingerprint density at radius 3 is 2.22 bits per heavy atom. The molecule has 1 rings (SSSR count). The van der Waals surface area contributed by atoms with Crippen LogP contribution < -0.4 is 9.47 Å². The molecule has 0 heterocycles. The van der Waals surface area contributed by atoms with E-state index in [2.05, 4.69) is 0 Å². The van der Waals surface area contributed by atoms with Gasteiger partial charge in [-0.25, -0.2) is 0 Å². The molecule has 0 fully saturated rings. The second-order valence-corrected chi connectivity index (χ2v) is 3.53. The fourth-order valence-electron chi connectivity index (χ4n) is 1.34. The van der Waals surface area contributed by atoms with E-state index in [-0.39, 0.29) is 23.5 Å². The maximum atomic E-state index is 10.9. The number of hydrogen-bond donors (Lipinski definition) is 1. The van der Waals surface area contributed by atoms with E-state index in [0.29, 0.717) is 0 Å². The third-order valence-electron chi connectivity index (χ3n) is 1.89. The van der Waals surface area contributed by atoms with E-state index >= 15 is 0 Å². The highest BCUT2D eigenvalue weighted by Gasteiger charge is 2.12. The summed E-state index contributed by atoms with van der Waals surface area (Å²) in [6.45, 7) is 2.45. The molecular weight excluding hydrogens is 240 g/mol. The van der Waals surface area contributed by atoms with Crippen LogP contribution >= 0.6 is 0 Å². The summed E-state index contributed by atoms with van der Waals surface area (Å²) in [6, 6.07) is 4.16. The molecule has 0 aliphatic rings. The van der Waals surface area contributed by atoms with Crippen molar-refractivity contribution in [3.63, 3.8) is 0 Å². The van der Waals surface area contributed by atoms with Crippen LogP contribution in [0.2, 0.25) is 0 Å². The van der Waals surface area contributed by atoms with Crippen LogP contribution in [-0.2, 0) is 20.8 Å². The predicted molar refractivity (Wildman–Crippen MR) is 60.4 cm³/mol. The normalized spacial score (nSPS) is 9.67. The number of carboxylic acids is 1. The zero-order valence-corrected chi connectivity index (χ0v) is 9.93. The Hall–Kier alpha value is -2.37. The third-order valence-corrected chi connectivity index (χ3v) is 1.89. The lowest BCUT2D eigenvalue weighted by atomic mass is 10.1. The number of carboxylic acid groups (broad SMARTS) is 1. The number of rotatable bonds is 4. The molecule has 0 saturated carbocycles. The standard InChI is InChI=1S/C12H12O6/c1-7(13)17-10-3-4-11(18-8(2)14)9(5-10)6-12(15)16/h3-5H,6H2,1-2H3,(H,15,16). The lowest BCUT2D eigenvalue weighted by Gasteiger charge is -2.09. The van der Waals surface area contributed by atoms with Crippen LogP contribution in [0.3, 0.4) is 0 Å². The van der Waals surface area contributed by atoms with Crippen LogP contribution in [0, 0.1) is 0 Å². The van der Waals surface area contributed by atoms with Gasteiger partial charge in [-0.15, -0.1) is 0 Å². The van der Waals surface area contributed by atoms with E-state index in [1.807, 2.05) is 0 Å². The largest absolute Gasteiger partial charge is 0.481 e. The minimum absolute atomic E-state index is 0.140. The monoisotopic (exact) mass is 252 g/mol. The maximum Gasteiger partial charge on any atom is 0.308 e. The number of carbonyl (C=O) groups excluding carboxylic acids is 2. The molecule has 0 radical (unpaired) electrons. The van der Waals surface area contributed by atoms with Crippen LogP contribution in [0.5, 0.6) is 11.5 Å². The van der Waals surface area contributed by atoms with E-state index in [9.17, 15) is 14.4 Å². The highest BCUT2D eigenvalue weighted by atomic mass is 16.5. The van der Waals surface area contributed by atoms with Crippen molar-refractivity contribution in [2.45, 2.75) is 20.3 Å². The number of hydrogen-bond acceptors (Lipinski definition) is 5. The van der Waals surface area contributed by atoms with Crippen molar-refractivity contribution in [1.29, 1.82) is 0 Å². The lowest BCUT2D eigenvalue weighted by Crippen LogP contribution is -2.08. The SMILES string of the molecule is CC(=O)Oc1ccc(OC(C)=O)c(CC(=O)O)c1. The number of carbonyl (C=O) groups is 3. The molecule has 18 heavy (non-hydrogen) atoms. The van der Waals surface area contributed by atoms with Gasteiger partial charge in [-0.3, -0.25) is 14.4 Å². The molecule has 0 atom stereocenters. The van der Waals surface area contributed by atoms with Crippen molar-refractivity contribution in [3.8, 4) is 11.5 Å². The number of esters is 2. The molecule has 0 aromatic heterocycles. The minimum atomic E-state index is -1.08. The van der Waals surface area contributed by atoms with Gasteiger partial charge in [0.25, 0.3) is 0 Å². The average Bonchev–Trinajstić information content (AvgIpc) is 2.19. The molecule has 1 aromatic rings. The van der Waals surface area contributed by atoms with E-state index < -0.39 is 17.9 Å². The first-order valence-corrected chi connectivity index (χ1v) is 5.10. The van der Waals surface area contributed by atoms with Gasteiger partial charge in [0.15, 0.2) is 0 Å². The van der Waals surface area contributed by atoms with Crippen molar-refractivity contribution >= 4 is 17.9 Å². The van der Waals surface area contributed by atoms with Crippen molar-refractivity contribution in [2.75, 3.05) is 0 Å². The minimum Gasteiger partial charge on any atom is -0.481 e. The molecular formula is C12H12O6. The summed E-state index contributed by atoms with van der Waals surface area (Å²) in [6.07, 6.45) is -0.336. The van der Waals surface area contributed by atoms with Gasteiger partial charge >= 0.3 is 17.9 Å². The van der Waals surface area contributed by atoms with Gasteiger partial charge in [0.1, 0.15) is 11.5 Å². The molecule has 0 aliphatic heterocycles. The van der Waals surface area contributed by atoms with E-state index in [0.717, 1.165) is 0 Å². The molecule has 0 unspecified atom stereocenters. The Kier molecular flexibility index (Phi) is 4.42. The van der Waals surface area contributed by atoms with Gasteiger partial charge < -0.3 is 14.6 Å². The molecule has 0 spiro atoms. The average molecular weight is 252 g/mol. The quantitative estimate of drug-likeness (QED) is 0.639. The van der Waals surface area contributed by atoms with Gasteiger partial charge in [0.2, 0.25) is 0 Å². The summed E-state index contributed by atoms with van der Waals surface area (Å²) < 4.78 is 9.69. The Labute approximate surface area is 103 Å². The molecule has 6 nitrogen and oxygen atoms in total. The zero-order chi connectivity index (χ0) is 13.7. The Balaban J connectivity index is 3.06. The Morgan fingerprint density at radius 2 is 1.72 bits per heavy atom. The van der Waals surface area contributed by atoms with Crippen LogP contribution in [0.15, 0.2) is 18.2 Å². The Morgan fingerprint density at radius 1 is 1.11 bits per heavy atom. The molecule has 6 heteroatoms. The highest BCUT2D eigenvalue weighted by molar-refractivity contribution is 5.75. The van der Waals surface area contributed by atoms with Crippen LogP contribution in [0.4, 0.5) is 0 Å². The van der Waals surface area contributed by atoms with Crippen molar-refractivity contribution < 1.29 is 29.0 Å². The van der Waals surface area contributed by atoms with Crippen LogP contribution in [0.1, 0.15) is 19.4 Å². The van der Waals surface area contributed by atoms with E-state index in [4.69, 9.17) is 14.6 Å². The molecule has 0 aliphatic carbocycles. The van der Waals surface area contributed by atoms with E-state index in [1.54, 1.807) is 0 Å². The molecule has 0 bridgehead atoms. The summed E-state index contributed by atoms with van der Waals surface area (Å²) in [5.41, 5.74) is 0.261. The van der Waals surface area contributed by atoms with Crippen LogP contribution in [0.25, 0.3) is 0 Å². The summed E-state index contributed by atoms with van der Waals surface area (Å²) in [5, 5.41) is 8.75. The summed E-state index contributed by atoms with van der Waals surface area (Å²) in [7, 11) is 0. The number of aliphatic carboxylic acids is 1. The predicted octanol–water partition coefficient (Wildman–Crippen LogP) is 1.16. The van der Waals surface area contributed by atoms with Gasteiger partial charge in [0.05, 0.1) is 6.42 Å². The first-order chi connectivity index (χ1) is 8.38. The summed E-state index contributed by atoms with van der Waals surface area (Å²) >= 11 is 0. The number of ether oxygens (including phenoxy) is 2. The molecule has 1 N–H and O–H groups in total. The summed E-state index contributed by atoms with van der Waals surface area (Å²) in [4.78, 5) is 32.3. The first-order valence-electron chi connectivity index (χ1n) is 5.10. The molecule has 0 amide bonds. The van der Waals surface area contributed by atoms with Crippen LogP contribution in [-0.4, -0.2) is 23.0 Å². The molecule has 96 valence electrons. The smallest absolute Gasteiger partial charge is 0.308 e. The van der Waals surface area contributed by atoms with Crippen molar-refractivity contribution in [1.82, 2.24) is 0 Å². The van der Waals surface area contributed by atoms with Gasteiger partial charge in [-0.1, -0.05) is 0 Å². The topological polar surface area (TPSA) is 89.9 Å². The van der Waals surface area contributed by atoms with Gasteiger partial charge in [-0.2, -0.15) is 0 Å². The second-order valence-electron chi connectivity index (χ2n) is 3.53. The van der Waals surface area contributed by atoms with Gasteiger partial charge in [-0.05, 0) is 18.2 Å². The van der Waals surface area contributed by atoms with Crippen molar-refractivity contribution in [3.05, 3.63) is 23.8 Å². The Bertz CT molecular complexity index is 491. The third kappa shape index (κ3) is 4.25.